The molecule has 118 valence electrons. The van der Waals surface area contributed by atoms with Crippen LogP contribution in [0.5, 0.6) is 0 Å². The Morgan fingerprint density at radius 1 is 1.40 bits per heavy atom. The van der Waals surface area contributed by atoms with Gasteiger partial charge < -0.3 is 14.6 Å². The van der Waals surface area contributed by atoms with Crippen molar-refractivity contribution in [1.29, 1.82) is 0 Å². The first-order valence-corrected chi connectivity index (χ1v) is 10.6. The highest BCUT2D eigenvalue weighted by Gasteiger charge is 2.57. The molecule has 0 aliphatic carbocycles. The average molecular weight is 302 g/mol. The number of aliphatic hydroxyl groups excluding tert-OH is 1. The van der Waals surface area contributed by atoms with Gasteiger partial charge in [0.05, 0.1) is 19.1 Å². The summed E-state index contributed by atoms with van der Waals surface area (Å²) in [5.41, 5.74) is -0.754. The van der Waals surface area contributed by atoms with Gasteiger partial charge in [-0.2, -0.15) is 0 Å². The molecule has 1 aliphatic heterocycles. The molecule has 0 bridgehead atoms. The monoisotopic (exact) mass is 302 g/mol. The van der Waals surface area contributed by atoms with E-state index in [0.717, 1.165) is 19.3 Å². The highest BCUT2D eigenvalue weighted by atomic mass is 28.3. The topological polar surface area (TPSA) is 55.8 Å². The molecular weight excluding hydrogens is 272 g/mol. The van der Waals surface area contributed by atoms with Gasteiger partial charge >= 0.3 is 5.97 Å². The lowest BCUT2D eigenvalue weighted by molar-refractivity contribution is -0.213. The second-order valence-corrected chi connectivity index (χ2v) is 13.0. The summed E-state index contributed by atoms with van der Waals surface area (Å²) in [6.07, 6.45) is 2.16. The van der Waals surface area contributed by atoms with Gasteiger partial charge in [0.15, 0.2) is 5.41 Å². The number of carbonyl (C=O) groups is 1. The quantitative estimate of drug-likeness (QED) is 0.640. The molecule has 0 aromatic heterocycles. The summed E-state index contributed by atoms with van der Waals surface area (Å²) >= 11 is 0. The van der Waals surface area contributed by atoms with Gasteiger partial charge in [0.25, 0.3) is 0 Å². The van der Waals surface area contributed by atoms with Crippen LogP contribution in [0.2, 0.25) is 18.1 Å². The molecule has 0 aromatic carbocycles. The van der Waals surface area contributed by atoms with Gasteiger partial charge in [0, 0.05) is 6.42 Å². The summed E-state index contributed by atoms with van der Waals surface area (Å²) in [5.74, 6) is -0.355. The lowest BCUT2D eigenvalue weighted by Crippen LogP contribution is -2.64. The predicted molar refractivity (Wildman–Crippen MR) is 82.1 cm³/mol. The molecule has 1 aliphatic rings. The van der Waals surface area contributed by atoms with Crippen molar-refractivity contribution in [2.24, 2.45) is 0 Å². The zero-order valence-corrected chi connectivity index (χ0v) is 14.8. The molecule has 0 amide bonds. The molecular formula is C15H30O4Si. The Hall–Kier alpha value is -0.393. The van der Waals surface area contributed by atoms with Crippen LogP contribution in [0.1, 0.15) is 53.4 Å². The van der Waals surface area contributed by atoms with E-state index in [1.807, 2.05) is 0 Å². The van der Waals surface area contributed by atoms with Crippen LogP contribution < -0.4 is 0 Å². The zero-order valence-electron chi connectivity index (χ0n) is 13.8. The zero-order chi connectivity index (χ0) is 15.6. The fourth-order valence-electron chi connectivity index (χ4n) is 2.51. The molecule has 1 heterocycles. The van der Waals surface area contributed by atoms with Gasteiger partial charge in [-0.25, -0.2) is 0 Å². The van der Waals surface area contributed by atoms with Crippen LogP contribution in [0.15, 0.2) is 0 Å². The number of hydrogen-bond donors (Lipinski definition) is 1. The Morgan fingerprint density at radius 3 is 2.40 bits per heavy atom. The maximum Gasteiger partial charge on any atom is 0.310 e. The number of esters is 1. The van der Waals surface area contributed by atoms with Crippen molar-refractivity contribution >= 4 is 14.0 Å². The Morgan fingerprint density at radius 2 is 2.00 bits per heavy atom. The average Bonchev–Trinajstić information content (AvgIpc) is 2.27. The third-order valence-electron chi connectivity index (χ3n) is 4.80. The summed E-state index contributed by atoms with van der Waals surface area (Å²) in [6.45, 7) is 13.3. The maximum absolute atomic E-state index is 12.1. The van der Waals surface area contributed by atoms with Gasteiger partial charge in [0.2, 0.25) is 0 Å². The first-order chi connectivity index (χ1) is 9.02. The van der Waals surface area contributed by atoms with E-state index in [1.54, 1.807) is 6.92 Å². The van der Waals surface area contributed by atoms with E-state index >= 15 is 0 Å². The van der Waals surface area contributed by atoms with Crippen LogP contribution in [-0.2, 0) is 14.3 Å². The number of aliphatic hydroxyl groups is 1. The van der Waals surface area contributed by atoms with Crippen molar-refractivity contribution in [3.8, 4) is 0 Å². The minimum atomic E-state index is -2.02. The summed E-state index contributed by atoms with van der Waals surface area (Å²) in [7, 11) is -2.02. The van der Waals surface area contributed by atoms with Crippen LogP contribution in [0.25, 0.3) is 0 Å². The van der Waals surface area contributed by atoms with Crippen molar-refractivity contribution in [1.82, 2.24) is 0 Å². The number of carbonyl (C=O) groups excluding carboxylic acids is 1. The third-order valence-corrected chi connectivity index (χ3v) is 11.0. The molecule has 1 N–H and O–H groups in total. The SMILES string of the molecule is CC(O)CC(=O)OC1([Si](C)(C)C(C)(C)C)CCCCO1. The summed E-state index contributed by atoms with van der Waals surface area (Å²) < 4.78 is 11.9. The van der Waals surface area contributed by atoms with Crippen molar-refractivity contribution in [2.45, 2.75) is 83.0 Å². The van der Waals surface area contributed by atoms with E-state index in [2.05, 4.69) is 33.9 Å². The molecule has 4 nitrogen and oxygen atoms in total. The molecule has 1 saturated heterocycles. The Labute approximate surface area is 123 Å². The molecule has 1 fully saturated rings. The Balaban J connectivity index is 3.01. The lowest BCUT2D eigenvalue weighted by Gasteiger charge is -2.52. The second-order valence-electron chi connectivity index (χ2n) is 7.46. The molecule has 0 aromatic rings. The molecule has 2 unspecified atom stereocenters. The number of hydrogen-bond acceptors (Lipinski definition) is 4. The van der Waals surface area contributed by atoms with E-state index < -0.39 is 19.6 Å². The largest absolute Gasteiger partial charge is 0.437 e. The second kappa shape index (κ2) is 6.16. The molecule has 0 radical (unpaired) electrons. The van der Waals surface area contributed by atoms with E-state index in [9.17, 15) is 9.90 Å². The maximum atomic E-state index is 12.1. The van der Waals surface area contributed by atoms with Crippen molar-refractivity contribution in [3.63, 3.8) is 0 Å². The van der Waals surface area contributed by atoms with E-state index in [4.69, 9.17) is 9.47 Å². The smallest absolute Gasteiger partial charge is 0.310 e. The van der Waals surface area contributed by atoms with Crippen LogP contribution in [0.3, 0.4) is 0 Å². The van der Waals surface area contributed by atoms with Gasteiger partial charge in [-0.3, -0.25) is 4.79 Å². The molecule has 2 atom stereocenters. The van der Waals surface area contributed by atoms with Crippen LogP contribution in [0, 0.1) is 0 Å². The lowest BCUT2D eigenvalue weighted by atomic mass is 10.2. The predicted octanol–water partition coefficient (Wildman–Crippen LogP) is 3.25. The molecule has 20 heavy (non-hydrogen) atoms. The minimum absolute atomic E-state index is 0.0275. The standard InChI is InChI=1S/C15H30O4Si/c1-12(16)11-13(17)19-15(9-7-8-10-18-15)20(5,6)14(2,3)4/h12,16H,7-11H2,1-6H3. The van der Waals surface area contributed by atoms with Crippen molar-refractivity contribution in [2.75, 3.05) is 6.61 Å². The van der Waals surface area contributed by atoms with Gasteiger partial charge in [-0.15, -0.1) is 0 Å². The van der Waals surface area contributed by atoms with Gasteiger partial charge in [0.1, 0.15) is 8.07 Å². The first-order valence-electron chi connectivity index (χ1n) is 7.56. The Kier molecular flexibility index (Phi) is 5.44. The third kappa shape index (κ3) is 3.62. The van der Waals surface area contributed by atoms with E-state index in [-0.39, 0.29) is 17.4 Å². The molecule has 5 heteroatoms. The number of ether oxygens (including phenoxy) is 2. The molecule has 1 rings (SSSR count). The van der Waals surface area contributed by atoms with Gasteiger partial charge in [-0.1, -0.05) is 33.9 Å². The number of rotatable bonds is 4. The van der Waals surface area contributed by atoms with Crippen LogP contribution in [-0.4, -0.2) is 37.3 Å². The van der Waals surface area contributed by atoms with E-state index in [1.165, 1.54) is 0 Å². The van der Waals surface area contributed by atoms with E-state index in [0.29, 0.717) is 6.61 Å². The van der Waals surface area contributed by atoms with Crippen molar-refractivity contribution < 1.29 is 19.4 Å². The highest BCUT2D eigenvalue weighted by molar-refractivity contribution is 6.82. The minimum Gasteiger partial charge on any atom is -0.437 e. The van der Waals surface area contributed by atoms with Crippen LogP contribution in [0.4, 0.5) is 0 Å². The summed E-state index contributed by atoms with van der Waals surface area (Å²) in [4.78, 5) is 12.1. The molecule has 0 saturated carbocycles. The van der Waals surface area contributed by atoms with Crippen molar-refractivity contribution in [3.05, 3.63) is 0 Å². The normalized spacial score (nSPS) is 26.1. The fourth-order valence-corrected chi connectivity index (χ4v) is 5.28. The van der Waals surface area contributed by atoms with Crippen LogP contribution >= 0.6 is 0 Å². The van der Waals surface area contributed by atoms with Gasteiger partial charge in [-0.05, 0) is 24.8 Å². The fraction of sp³-hybridized carbons (Fsp3) is 0.933. The Bertz CT molecular complexity index is 338. The highest BCUT2D eigenvalue weighted by Crippen LogP contribution is 2.48. The summed E-state index contributed by atoms with van der Waals surface area (Å²) in [6, 6.07) is 0. The first kappa shape index (κ1) is 17.7. The summed E-state index contributed by atoms with van der Waals surface area (Å²) in [5, 5.41) is 9.43. The molecule has 0 spiro atoms.